The van der Waals surface area contributed by atoms with Crippen LogP contribution in [0, 0.1) is 11.5 Å². The number of benzene rings is 1. The summed E-state index contributed by atoms with van der Waals surface area (Å²) in [5, 5.41) is 28.2. The molecular weight excluding hydrogens is 536 g/mol. The molecule has 10 nitrogen and oxygen atoms in total. The lowest BCUT2D eigenvalue weighted by atomic mass is 10.2. The minimum atomic E-state index is -1.12. The lowest BCUT2D eigenvalue weighted by Crippen LogP contribution is -2.58. The van der Waals surface area contributed by atoms with Crippen LogP contribution in [0.25, 0.3) is 5.65 Å². The van der Waals surface area contributed by atoms with Gasteiger partial charge in [0.05, 0.1) is 17.9 Å². The highest BCUT2D eigenvalue weighted by atomic mass is 35.5. The first-order valence-corrected chi connectivity index (χ1v) is 13.9. The summed E-state index contributed by atoms with van der Waals surface area (Å²) >= 11 is 7.43. The number of anilines is 2. The molecular formula is C27H27ClN8O2S. The molecule has 1 atom stereocenters. The molecule has 1 saturated carbocycles. The van der Waals surface area contributed by atoms with E-state index in [-0.39, 0.29) is 6.54 Å². The average molecular weight is 563 g/mol. The highest BCUT2D eigenvalue weighted by Crippen LogP contribution is 2.40. The number of imidazole rings is 1. The molecule has 0 spiro atoms. The first-order chi connectivity index (χ1) is 18.9. The van der Waals surface area contributed by atoms with Gasteiger partial charge < -0.3 is 14.8 Å². The van der Waals surface area contributed by atoms with Gasteiger partial charge in [-0.3, -0.25) is 15.5 Å². The number of nitrogens with one attached hydrogen (secondary N) is 3. The topological polar surface area (TPSA) is 131 Å². The molecule has 1 aromatic carbocycles. The van der Waals surface area contributed by atoms with E-state index in [4.69, 9.17) is 11.6 Å². The molecule has 1 aliphatic rings. The van der Waals surface area contributed by atoms with Crippen molar-refractivity contribution in [3.05, 3.63) is 89.0 Å². The van der Waals surface area contributed by atoms with E-state index in [0.29, 0.717) is 34.7 Å². The predicted molar refractivity (Wildman–Crippen MR) is 153 cm³/mol. The maximum absolute atomic E-state index is 12.3. The number of nitrogens with zero attached hydrogens (tertiary/aromatic N) is 5. The molecule has 4 N–H and O–H groups in total. The largest absolute Gasteiger partial charge is 0.465 e. The number of rotatable bonds is 11. The van der Waals surface area contributed by atoms with E-state index in [9.17, 15) is 15.2 Å². The van der Waals surface area contributed by atoms with E-state index in [1.54, 1.807) is 18.2 Å². The molecule has 12 heteroatoms. The van der Waals surface area contributed by atoms with E-state index in [0.717, 1.165) is 11.2 Å². The Morgan fingerprint density at radius 2 is 2.13 bits per heavy atom. The minimum Gasteiger partial charge on any atom is -0.465 e. The number of nitriles is 1. The van der Waals surface area contributed by atoms with Crippen molar-refractivity contribution in [2.75, 3.05) is 16.5 Å². The monoisotopic (exact) mass is 562 g/mol. The lowest BCUT2D eigenvalue weighted by Gasteiger charge is -2.33. The van der Waals surface area contributed by atoms with Crippen LogP contribution in [0.2, 0.25) is 5.02 Å². The standard InChI is InChI=1S/C27H27ClN8O2S/c1-39-27(32-17-29,31-13-18-3-2-4-21(28)11-18)34-24-12-23(9-10-30-24)36(26(37)38)16-22-15-35-14-20(19-5-6-19)7-8-25(35)33-22/h2-4,7-12,14-15,19,31-32H,5-6,13,16H2,1H3,(H,30,34)(H,37,38). The van der Waals surface area contributed by atoms with Gasteiger partial charge in [-0.05, 0) is 60.4 Å². The number of hydrogen-bond donors (Lipinski definition) is 4. The Bertz CT molecular complexity index is 1540. The van der Waals surface area contributed by atoms with Crippen molar-refractivity contribution in [3.8, 4) is 6.19 Å². The maximum Gasteiger partial charge on any atom is 0.412 e. The zero-order chi connectivity index (χ0) is 27.4. The second-order valence-electron chi connectivity index (χ2n) is 9.23. The van der Waals surface area contributed by atoms with Gasteiger partial charge >= 0.3 is 6.09 Å². The fourth-order valence-corrected chi connectivity index (χ4v) is 5.09. The third-order valence-corrected chi connectivity index (χ3v) is 7.65. The molecule has 1 amide bonds. The lowest BCUT2D eigenvalue weighted by molar-refractivity contribution is 0.201. The normalized spacial score (nSPS) is 14.4. The molecule has 1 aliphatic carbocycles. The van der Waals surface area contributed by atoms with Gasteiger partial charge in [0.1, 0.15) is 11.5 Å². The number of fused-ring (bicyclic) bond motifs is 1. The molecule has 39 heavy (non-hydrogen) atoms. The van der Waals surface area contributed by atoms with Gasteiger partial charge in [0.15, 0.2) is 6.19 Å². The fraction of sp³-hybridized carbons (Fsp3) is 0.259. The third kappa shape index (κ3) is 6.37. The fourth-order valence-electron chi connectivity index (χ4n) is 4.31. The summed E-state index contributed by atoms with van der Waals surface area (Å²) in [6.45, 7) is 0.469. The number of thioether (sulfide) groups is 1. The quantitative estimate of drug-likeness (QED) is 0.111. The second-order valence-corrected chi connectivity index (χ2v) is 10.7. The number of halogens is 1. The number of aromatic nitrogens is 3. The Hall–Kier alpha value is -3.98. The van der Waals surface area contributed by atoms with E-state index < -0.39 is 11.2 Å². The van der Waals surface area contributed by atoms with Crippen molar-refractivity contribution in [1.82, 2.24) is 25.0 Å². The molecule has 5 rings (SSSR count). The number of carboxylic acid groups (broad SMARTS) is 1. The van der Waals surface area contributed by atoms with Crippen LogP contribution in [0.3, 0.4) is 0 Å². The van der Waals surface area contributed by atoms with E-state index in [1.807, 2.05) is 47.3 Å². The Balaban J connectivity index is 1.35. The van der Waals surface area contributed by atoms with Crippen molar-refractivity contribution in [2.45, 2.75) is 37.0 Å². The van der Waals surface area contributed by atoms with E-state index >= 15 is 0 Å². The first kappa shape index (κ1) is 26.6. The Morgan fingerprint density at radius 1 is 1.28 bits per heavy atom. The molecule has 3 aromatic heterocycles. The summed E-state index contributed by atoms with van der Waals surface area (Å²) < 4.78 is 1.95. The van der Waals surface area contributed by atoms with Gasteiger partial charge in [-0.1, -0.05) is 41.6 Å². The Labute approximate surface area is 235 Å². The van der Waals surface area contributed by atoms with Crippen molar-refractivity contribution in [2.24, 2.45) is 0 Å². The van der Waals surface area contributed by atoms with Crippen molar-refractivity contribution < 1.29 is 9.90 Å². The van der Waals surface area contributed by atoms with Gasteiger partial charge in [0, 0.05) is 36.2 Å². The molecule has 3 heterocycles. The van der Waals surface area contributed by atoms with Crippen LogP contribution in [0.15, 0.2) is 67.1 Å². The Morgan fingerprint density at radius 3 is 2.85 bits per heavy atom. The van der Waals surface area contributed by atoms with Gasteiger partial charge in [0.25, 0.3) is 0 Å². The molecule has 200 valence electrons. The summed E-state index contributed by atoms with van der Waals surface area (Å²) in [4.78, 5) is 22.5. The number of carbonyl (C=O) groups is 1. The van der Waals surface area contributed by atoms with Gasteiger partial charge in [-0.25, -0.2) is 14.8 Å². The molecule has 4 aromatic rings. The summed E-state index contributed by atoms with van der Waals surface area (Å²) in [5.41, 5.74) is 4.02. The summed E-state index contributed by atoms with van der Waals surface area (Å²) in [6, 6.07) is 14.7. The van der Waals surface area contributed by atoms with Crippen molar-refractivity contribution in [3.63, 3.8) is 0 Å². The SMILES string of the molecule is CSC(NC#N)(NCc1cccc(Cl)c1)Nc1cc(N(Cc2cn3cc(C4CC4)ccc3n2)C(=O)O)ccn1. The van der Waals surface area contributed by atoms with Crippen LogP contribution >= 0.6 is 23.4 Å². The molecule has 1 unspecified atom stereocenters. The number of hydrogen-bond acceptors (Lipinski definition) is 8. The van der Waals surface area contributed by atoms with Crippen LogP contribution in [-0.4, -0.2) is 36.9 Å². The average Bonchev–Trinajstić information content (AvgIpc) is 3.70. The van der Waals surface area contributed by atoms with Crippen LogP contribution < -0.4 is 20.9 Å². The maximum atomic E-state index is 12.3. The van der Waals surface area contributed by atoms with E-state index in [2.05, 4.69) is 38.2 Å². The number of pyridine rings is 2. The van der Waals surface area contributed by atoms with Gasteiger partial charge in [-0.2, -0.15) is 5.26 Å². The number of amides is 1. The first-order valence-electron chi connectivity index (χ1n) is 12.3. The van der Waals surface area contributed by atoms with Crippen LogP contribution in [0.1, 0.15) is 35.6 Å². The molecule has 0 aliphatic heterocycles. The van der Waals surface area contributed by atoms with Gasteiger partial charge in [0.2, 0.25) is 5.12 Å². The summed E-state index contributed by atoms with van der Waals surface area (Å²) in [7, 11) is 0. The second kappa shape index (κ2) is 11.4. The molecule has 1 fully saturated rings. The van der Waals surface area contributed by atoms with Crippen LogP contribution in [0.4, 0.5) is 16.3 Å². The van der Waals surface area contributed by atoms with E-state index in [1.165, 1.54) is 41.3 Å². The van der Waals surface area contributed by atoms with Crippen molar-refractivity contribution in [1.29, 1.82) is 5.26 Å². The van der Waals surface area contributed by atoms with Crippen LogP contribution in [0.5, 0.6) is 0 Å². The molecule has 0 bridgehead atoms. The van der Waals surface area contributed by atoms with Crippen LogP contribution in [-0.2, 0) is 13.1 Å². The highest BCUT2D eigenvalue weighted by Gasteiger charge is 2.29. The summed E-state index contributed by atoms with van der Waals surface area (Å²) in [6.07, 6.45) is 10.6. The van der Waals surface area contributed by atoms with Gasteiger partial charge in [-0.15, -0.1) is 0 Å². The predicted octanol–water partition coefficient (Wildman–Crippen LogP) is 5.19. The molecule has 0 radical (unpaired) electrons. The highest BCUT2D eigenvalue weighted by molar-refractivity contribution is 8.00. The Kier molecular flexibility index (Phi) is 7.79. The zero-order valence-electron chi connectivity index (χ0n) is 21.1. The molecule has 0 saturated heterocycles. The smallest absolute Gasteiger partial charge is 0.412 e. The zero-order valence-corrected chi connectivity index (χ0v) is 22.7. The van der Waals surface area contributed by atoms with Crippen molar-refractivity contribution >= 4 is 46.6 Å². The minimum absolute atomic E-state index is 0.0658. The third-order valence-electron chi connectivity index (χ3n) is 6.45. The summed E-state index contributed by atoms with van der Waals surface area (Å²) in [5.74, 6) is 0.987.